The molecule has 0 spiro atoms. The van der Waals surface area contributed by atoms with Crippen molar-refractivity contribution in [3.63, 3.8) is 0 Å². The smallest absolute Gasteiger partial charge is 0.335 e. The Kier molecular flexibility index (Phi) is 7.22. The van der Waals surface area contributed by atoms with E-state index in [1.807, 2.05) is 55.4 Å². The molecule has 0 amide bonds. The molecule has 2 N–H and O–H groups in total. The van der Waals surface area contributed by atoms with Crippen LogP contribution in [-0.2, 0) is 13.0 Å². The third-order valence-electron chi connectivity index (χ3n) is 6.63. The lowest BCUT2D eigenvalue weighted by atomic mass is 9.93. The molecule has 1 aliphatic heterocycles. The average molecular weight is 446 g/mol. The van der Waals surface area contributed by atoms with Crippen LogP contribution in [0.5, 0.6) is 0 Å². The second-order valence-electron chi connectivity index (χ2n) is 9.49. The molecule has 0 bridgehead atoms. The third-order valence-corrected chi connectivity index (χ3v) is 16.9. The highest BCUT2D eigenvalue weighted by molar-refractivity contribution is 6.84. The molecule has 1 saturated carbocycles. The van der Waals surface area contributed by atoms with Crippen LogP contribution < -0.4 is 0 Å². The molecule has 2 aliphatic rings. The van der Waals surface area contributed by atoms with E-state index in [1.165, 1.54) is 0 Å². The van der Waals surface area contributed by atoms with Gasteiger partial charge in [-0.1, -0.05) is 55.4 Å². The normalized spacial score (nSPS) is 35.4. The Morgan fingerprint density at radius 2 is 1.48 bits per heavy atom. The summed E-state index contributed by atoms with van der Waals surface area (Å²) in [7, 11) is -5.94. The van der Waals surface area contributed by atoms with Crippen molar-refractivity contribution in [3.8, 4) is 0 Å². The zero-order chi connectivity index (χ0) is 22.4. The molecule has 166 valence electrons. The zero-order valence-corrected chi connectivity index (χ0v) is 20.8. The van der Waals surface area contributed by atoms with Gasteiger partial charge in [-0.15, -0.1) is 0 Å². The Morgan fingerprint density at radius 3 is 1.83 bits per heavy atom. The first kappa shape index (κ1) is 24.7. The van der Waals surface area contributed by atoms with Gasteiger partial charge in [-0.25, -0.2) is 11.0 Å². The summed E-state index contributed by atoms with van der Waals surface area (Å²) >= 11 is 0. The lowest BCUT2D eigenvalue weighted by molar-refractivity contribution is -0.0162. The molecule has 1 heterocycles. The van der Waals surface area contributed by atoms with Crippen LogP contribution in [-0.4, -0.2) is 57.8 Å². The first-order valence-corrected chi connectivity index (χ1v) is 14.4. The number of rotatable bonds is 5. The van der Waals surface area contributed by atoms with E-state index in [9.17, 15) is 14.6 Å². The van der Waals surface area contributed by atoms with Gasteiger partial charge >= 0.3 is 22.7 Å². The molecule has 1 aliphatic carbocycles. The lowest BCUT2D eigenvalue weighted by Crippen LogP contribution is -2.60. The van der Waals surface area contributed by atoms with Gasteiger partial charge in [0.15, 0.2) is 6.10 Å². The summed E-state index contributed by atoms with van der Waals surface area (Å²) in [5.41, 5.74) is -1.66. The number of aliphatic hydroxyl groups excluding tert-OH is 2. The summed E-state index contributed by atoms with van der Waals surface area (Å²) in [6.07, 6.45) is -3.01. The molecule has 2 rings (SSSR count). The van der Waals surface area contributed by atoms with Crippen LogP contribution >= 0.6 is 0 Å². The van der Waals surface area contributed by atoms with Crippen molar-refractivity contribution in [2.24, 2.45) is 0 Å². The van der Waals surface area contributed by atoms with Gasteiger partial charge in [-0.05, 0) is 22.2 Å². The van der Waals surface area contributed by atoms with E-state index in [4.69, 9.17) is 19.5 Å². The Labute approximate surface area is 176 Å². The lowest BCUT2D eigenvalue weighted by Gasteiger charge is -2.46. The molecule has 4 atom stereocenters. The summed E-state index contributed by atoms with van der Waals surface area (Å²) < 4.78 is 34.4. The van der Waals surface area contributed by atoms with E-state index < -0.39 is 47.6 Å². The van der Waals surface area contributed by atoms with Crippen molar-refractivity contribution in [2.45, 2.75) is 101 Å². The fourth-order valence-corrected chi connectivity index (χ4v) is 16.1. The van der Waals surface area contributed by atoms with Crippen LogP contribution in [0.3, 0.4) is 0 Å². The Hall–Kier alpha value is -0.606. The van der Waals surface area contributed by atoms with E-state index in [-0.39, 0.29) is 27.7 Å². The van der Waals surface area contributed by atoms with Crippen LogP contribution in [0, 0.1) is 6.57 Å². The largest absolute Gasteiger partial charge is 0.414 e. The number of nitrogens with zero attached hydrogens (tertiary/aromatic N) is 1. The predicted octanol–water partition coefficient (Wildman–Crippen LogP) is 4.19. The molecule has 2 fully saturated rings. The second-order valence-corrected chi connectivity index (χ2v) is 18.3. The van der Waals surface area contributed by atoms with Gasteiger partial charge in [0.1, 0.15) is 18.8 Å². The standard InChI is InChI=1S/C20H36FNO5Si2/c1-12(2)28(13(3)4)25-17-16(10-21)20(11-23,22-9)19(24)18(17)26-29(27-28,14(5)6)15(7)8/h10,12-15,17-19,23-24H,11H2,1-8H3/b16-10+/t17-,18-,19-,20+/m0/s1. The van der Waals surface area contributed by atoms with Gasteiger partial charge in [0.2, 0.25) is 0 Å². The molecule has 6 nitrogen and oxygen atoms in total. The zero-order valence-electron chi connectivity index (χ0n) is 18.8. The molecule has 0 aromatic carbocycles. The number of hydrogen-bond acceptors (Lipinski definition) is 5. The molecule has 0 aromatic rings. The molecule has 1 saturated heterocycles. The van der Waals surface area contributed by atoms with E-state index >= 15 is 0 Å². The van der Waals surface area contributed by atoms with Crippen molar-refractivity contribution in [1.82, 2.24) is 0 Å². The van der Waals surface area contributed by atoms with Crippen LogP contribution in [0.4, 0.5) is 4.39 Å². The van der Waals surface area contributed by atoms with E-state index in [1.54, 1.807) is 0 Å². The van der Waals surface area contributed by atoms with Crippen molar-refractivity contribution >= 4 is 17.1 Å². The first-order valence-electron chi connectivity index (χ1n) is 10.4. The van der Waals surface area contributed by atoms with Gasteiger partial charge in [0.05, 0.1) is 11.9 Å². The van der Waals surface area contributed by atoms with Gasteiger partial charge in [0, 0.05) is 0 Å². The summed E-state index contributed by atoms with van der Waals surface area (Å²) in [6, 6.07) is 0. The fraction of sp³-hybridized carbons (Fsp3) is 0.850. The summed E-state index contributed by atoms with van der Waals surface area (Å²) in [4.78, 5) is 3.47. The van der Waals surface area contributed by atoms with Crippen LogP contribution in [0.15, 0.2) is 11.9 Å². The van der Waals surface area contributed by atoms with Crippen molar-refractivity contribution < 1.29 is 27.6 Å². The van der Waals surface area contributed by atoms with Gasteiger partial charge in [-0.3, -0.25) is 4.85 Å². The molecule has 0 unspecified atom stereocenters. The average Bonchev–Trinajstić information content (AvgIpc) is 2.78. The summed E-state index contributed by atoms with van der Waals surface area (Å²) in [6.45, 7) is 23.3. The van der Waals surface area contributed by atoms with E-state index in [2.05, 4.69) is 4.85 Å². The number of fused-ring (bicyclic) bond motifs is 1. The quantitative estimate of drug-likeness (QED) is 0.490. The molecular weight excluding hydrogens is 409 g/mol. The Balaban J connectivity index is 2.80. The predicted molar refractivity (Wildman–Crippen MR) is 114 cm³/mol. The third kappa shape index (κ3) is 3.47. The van der Waals surface area contributed by atoms with E-state index in [0.29, 0.717) is 6.33 Å². The van der Waals surface area contributed by atoms with Gasteiger partial charge < -0.3 is 23.2 Å². The highest BCUT2D eigenvalue weighted by Crippen LogP contribution is 2.53. The maximum absolute atomic E-state index is 14.1. The monoisotopic (exact) mass is 445 g/mol. The molecular formula is C20H36FNO5Si2. The van der Waals surface area contributed by atoms with Crippen LogP contribution in [0.2, 0.25) is 22.2 Å². The number of halogens is 1. The molecule has 0 aromatic heterocycles. The first-order chi connectivity index (χ1) is 13.4. The summed E-state index contributed by atoms with van der Waals surface area (Å²) in [5.74, 6) is 0. The van der Waals surface area contributed by atoms with Crippen molar-refractivity contribution in [1.29, 1.82) is 0 Å². The maximum atomic E-state index is 14.1. The minimum absolute atomic E-state index is 0.0456. The highest BCUT2D eigenvalue weighted by atomic mass is 28.5. The topological polar surface area (TPSA) is 72.5 Å². The molecule has 0 radical (unpaired) electrons. The SMILES string of the molecule is [C-]#[N+][C@]1(CO)/C(=C/F)[C@@H]2O[Si](C(C)C)(C(C)C)O[Si](C(C)C)(C(C)C)O[C@@H]2[C@@H]1O. The Bertz CT molecular complexity index is 662. The van der Waals surface area contributed by atoms with Gasteiger partial charge in [-0.2, -0.15) is 0 Å². The fourth-order valence-electron chi connectivity index (χ4n) is 4.85. The van der Waals surface area contributed by atoms with Crippen molar-refractivity contribution in [3.05, 3.63) is 23.3 Å². The summed E-state index contributed by atoms with van der Waals surface area (Å²) in [5, 5.41) is 21.1. The number of hydrogen-bond donors (Lipinski definition) is 2. The van der Waals surface area contributed by atoms with Crippen LogP contribution in [0.1, 0.15) is 55.4 Å². The molecule has 9 heteroatoms. The maximum Gasteiger partial charge on any atom is 0.335 e. The number of aliphatic hydroxyl groups is 2. The minimum Gasteiger partial charge on any atom is -0.414 e. The minimum atomic E-state index is -2.98. The van der Waals surface area contributed by atoms with Crippen LogP contribution in [0.25, 0.3) is 4.85 Å². The second kappa shape index (κ2) is 8.50. The van der Waals surface area contributed by atoms with Gasteiger partial charge in [0.25, 0.3) is 0 Å². The highest BCUT2D eigenvalue weighted by Gasteiger charge is 2.71. The van der Waals surface area contributed by atoms with Crippen molar-refractivity contribution in [2.75, 3.05) is 6.61 Å². The van der Waals surface area contributed by atoms with E-state index in [0.717, 1.165) is 0 Å². The Morgan fingerprint density at radius 1 is 1.03 bits per heavy atom. The molecule has 29 heavy (non-hydrogen) atoms.